The molecule has 156 valence electrons. The highest BCUT2D eigenvalue weighted by molar-refractivity contribution is 6.31. The fourth-order valence-corrected chi connectivity index (χ4v) is 4.45. The zero-order valence-corrected chi connectivity index (χ0v) is 17.2. The third-order valence-corrected chi connectivity index (χ3v) is 6.29. The van der Waals surface area contributed by atoms with E-state index in [-0.39, 0.29) is 18.7 Å². The topological polar surface area (TPSA) is 83.1 Å². The van der Waals surface area contributed by atoms with Gasteiger partial charge >= 0.3 is 6.03 Å². The number of benzene rings is 2. The van der Waals surface area contributed by atoms with Crippen molar-refractivity contribution >= 4 is 34.9 Å². The van der Waals surface area contributed by atoms with Gasteiger partial charge in [-0.25, -0.2) is 4.79 Å². The quantitative estimate of drug-likeness (QED) is 0.728. The number of nitrogens with one attached hydrogen (secondary N) is 2. The molecule has 2 aromatic carbocycles. The maximum Gasteiger partial charge on any atom is 0.321 e. The number of halogens is 1. The molecule has 2 aromatic rings. The van der Waals surface area contributed by atoms with Crippen molar-refractivity contribution in [2.45, 2.75) is 18.5 Å². The first-order valence-corrected chi connectivity index (χ1v) is 10.1. The van der Waals surface area contributed by atoms with Gasteiger partial charge in [-0.3, -0.25) is 4.79 Å². The second kappa shape index (κ2) is 6.98. The Bertz CT molecular complexity index is 1040. The van der Waals surface area contributed by atoms with Gasteiger partial charge in [0.1, 0.15) is 5.66 Å². The number of fused-ring (bicyclic) bond motifs is 2. The molecule has 1 spiro atoms. The average Bonchev–Trinajstić information content (AvgIpc) is 3.20. The lowest BCUT2D eigenvalue weighted by molar-refractivity contribution is 0.0815. The van der Waals surface area contributed by atoms with Crippen molar-refractivity contribution in [3.8, 4) is 11.5 Å². The number of anilines is 2. The first-order valence-electron chi connectivity index (χ1n) is 9.77. The number of rotatable bonds is 1. The molecule has 3 aliphatic heterocycles. The van der Waals surface area contributed by atoms with E-state index in [2.05, 4.69) is 15.5 Å². The van der Waals surface area contributed by atoms with Crippen LogP contribution in [0.1, 0.15) is 23.2 Å². The SMILES string of the molecule is CN1c2cc(Cl)ccc2C(=O)NC12CCN(C(=O)Nc1ccc3c(c1)OCO3)CC2. The summed E-state index contributed by atoms with van der Waals surface area (Å²) >= 11 is 6.16. The zero-order valence-electron chi connectivity index (χ0n) is 16.4. The summed E-state index contributed by atoms with van der Waals surface area (Å²) in [6.07, 6.45) is 1.21. The summed E-state index contributed by atoms with van der Waals surface area (Å²) in [5, 5.41) is 6.65. The lowest BCUT2D eigenvalue weighted by Gasteiger charge is -2.51. The molecule has 0 radical (unpaired) electrons. The number of piperidine rings is 1. The molecule has 0 aromatic heterocycles. The van der Waals surface area contributed by atoms with Crippen LogP contribution in [0.25, 0.3) is 0 Å². The third kappa shape index (κ3) is 3.08. The summed E-state index contributed by atoms with van der Waals surface area (Å²) in [5.74, 6) is 1.18. The maximum absolute atomic E-state index is 12.8. The van der Waals surface area contributed by atoms with Gasteiger partial charge in [0.2, 0.25) is 6.79 Å². The number of nitrogens with zero attached hydrogens (tertiary/aromatic N) is 2. The van der Waals surface area contributed by atoms with Crippen LogP contribution in [-0.2, 0) is 0 Å². The highest BCUT2D eigenvalue weighted by Gasteiger charge is 2.44. The Morgan fingerprint density at radius 2 is 1.90 bits per heavy atom. The number of likely N-dealkylation sites (tertiary alicyclic amines) is 1. The first kappa shape index (κ1) is 18.9. The molecule has 0 unspecified atom stereocenters. The van der Waals surface area contributed by atoms with Crippen LogP contribution < -0.4 is 25.0 Å². The summed E-state index contributed by atoms with van der Waals surface area (Å²) < 4.78 is 10.7. The van der Waals surface area contributed by atoms with Crippen LogP contribution in [0.15, 0.2) is 36.4 Å². The van der Waals surface area contributed by atoms with Gasteiger partial charge in [0, 0.05) is 49.8 Å². The van der Waals surface area contributed by atoms with Gasteiger partial charge in [-0.2, -0.15) is 0 Å². The zero-order chi connectivity index (χ0) is 20.9. The van der Waals surface area contributed by atoms with Crippen molar-refractivity contribution in [2.75, 3.05) is 37.1 Å². The lowest BCUT2D eigenvalue weighted by atomic mass is 9.90. The molecule has 0 saturated carbocycles. The van der Waals surface area contributed by atoms with Gasteiger partial charge in [0.05, 0.1) is 11.3 Å². The number of hydrogen-bond acceptors (Lipinski definition) is 5. The molecule has 0 aliphatic carbocycles. The summed E-state index contributed by atoms with van der Waals surface area (Å²) in [6, 6.07) is 10.4. The van der Waals surface area contributed by atoms with Crippen LogP contribution in [-0.4, -0.2) is 49.4 Å². The van der Waals surface area contributed by atoms with Gasteiger partial charge in [-0.1, -0.05) is 11.6 Å². The standard InChI is InChI=1S/C21H21ClN4O4/c1-25-16-10-13(22)2-4-15(16)19(27)24-21(25)6-8-26(9-7-21)20(28)23-14-3-5-17-18(11-14)30-12-29-17/h2-5,10-11H,6-9,12H2,1H3,(H,23,28)(H,24,27). The molecule has 0 bridgehead atoms. The molecule has 1 fully saturated rings. The molecule has 5 rings (SSSR count). The Morgan fingerprint density at radius 3 is 2.70 bits per heavy atom. The van der Waals surface area contributed by atoms with Crippen LogP contribution in [0, 0.1) is 0 Å². The molecule has 8 nitrogen and oxygen atoms in total. The largest absolute Gasteiger partial charge is 0.454 e. The van der Waals surface area contributed by atoms with E-state index in [4.69, 9.17) is 21.1 Å². The number of carbonyl (C=O) groups is 2. The number of carbonyl (C=O) groups excluding carboxylic acids is 2. The van der Waals surface area contributed by atoms with Crippen LogP contribution >= 0.6 is 11.6 Å². The lowest BCUT2D eigenvalue weighted by Crippen LogP contribution is -2.67. The van der Waals surface area contributed by atoms with Gasteiger partial charge in [-0.15, -0.1) is 0 Å². The fourth-order valence-electron chi connectivity index (χ4n) is 4.28. The molecule has 9 heteroatoms. The second-order valence-electron chi connectivity index (χ2n) is 7.69. The third-order valence-electron chi connectivity index (χ3n) is 6.06. The van der Waals surface area contributed by atoms with E-state index in [1.165, 1.54) is 0 Å². The van der Waals surface area contributed by atoms with E-state index in [1.54, 1.807) is 35.2 Å². The van der Waals surface area contributed by atoms with E-state index in [9.17, 15) is 9.59 Å². The van der Waals surface area contributed by atoms with Crippen LogP contribution in [0.4, 0.5) is 16.2 Å². The van der Waals surface area contributed by atoms with Crippen molar-refractivity contribution in [2.24, 2.45) is 0 Å². The van der Waals surface area contributed by atoms with E-state index in [1.807, 2.05) is 13.1 Å². The highest BCUT2D eigenvalue weighted by Crippen LogP contribution is 2.38. The van der Waals surface area contributed by atoms with Crippen molar-refractivity contribution in [1.29, 1.82) is 0 Å². The van der Waals surface area contributed by atoms with E-state index in [0.717, 1.165) is 5.69 Å². The summed E-state index contributed by atoms with van der Waals surface area (Å²) in [7, 11) is 1.96. The maximum atomic E-state index is 12.8. The van der Waals surface area contributed by atoms with E-state index in [0.29, 0.717) is 53.7 Å². The minimum absolute atomic E-state index is 0.113. The Balaban J connectivity index is 1.28. The predicted octanol–water partition coefficient (Wildman–Crippen LogP) is 3.27. The van der Waals surface area contributed by atoms with E-state index >= 15 is 0 Å². The predicted molar refractivity (Wildman–Crippen MR) is 112 cm³/mol. The molecule has 3 heterocycles. The average molecular weight is 429 g/mol. The molecule has 1 saturated heterocycles. The minimum Gasteiger partial charge on any atom is -0.454 e. The Morgan fingerprint density at radius 1 is 1.13 bits per heavy atom. The number of ether oxygens (including phenoxy) is 2. The summed E-state index contributed by atoms with van der Waals surface area (Å²) in [6.45, 7) is 1.21. The van der Waals surface area contributed by atoms with Crippen molar-refractivity contribution in [3.63, 3.8) is 0 Å². The summed E-state index contributed by atoms with van der Waals surface area (Å²) in [4.78, 5) is 29.2. The van der Waals surface area contributed by atoms with Gasteiger partial charge in [-0.05, 0) is 30.3 Å². The molecule has 0 atom stereocenters. The first-order chi connectivity index (χ1) is 14.4. The van der Waals surface area contributed by atoms with Gasteiger partial charge in [0.15, 0.2) is 11.5 Å². The molecule has 3 amide bonds. The number of amides is 3. The molecular formula is C21H21ClN4O4. The Labute approximate surface area is 178 Å². The number of urea groups is 1. The molecule has 3 aliphatic rings. The normalized spacial score (nSPS) is 18.8. The molecular weight excluding hydrogens is 408 g/mol. The summed E-state index contributed by atoms with van der Waals surface area (Å²) in [5.41, 5.74) is 1.53. The van der Waals surface area contributed by atoms with Crippen LogP contribution in [0.2, 0.25) is 5.02 Å². The minimum atomic E-state index is -0.537. The Hall–Kier alpha value is -3.13. The van der Waals surface area contributed by atoms with Gasteiger partial charge in [0.25, 0.3) is 5.91 Å². The molecule has 30 heavy (non-hydrogen) atoms. The van der Waals surface area contributed by atoms with Crippen molar-refractivity contribution in [3.05, 3.63) is 47.0 Å². The highest BCUT2D eigenvalue weighted by atomic mass is 35.5. The van der Waals surface area contributed by atoms with Crippen LogP contribution in [0.5, 0.6) is 11.5 Å². The van der Waals surface area contributed by atoms with E-state index < -0.39 is 5.66 Å². The van der Waals surface area contributed by atoms with Crippen LogP contribution in [0.3, 0.4) is 0 Å². The van der Waals surface area contributed by atoms with Crippen molar-refractivity contribution < 1.29 is 19.1 Å². The Kier molecular flexibility index (Phi) is 4.39. The number of hydrogen-bond donors (Lipinski definition) is 2. The van der Waals surface area contributed by atoms with Gasteiger partial charge < -0.3 is 29.9 Å². The fraction of sp³-hybridized carbons (Fsp3) is 0.333. The van der Waals surface area contributed by atoms with Crippen molar-refractivity contribution in [1.82, 2.24) is 10.2 Å². The second-order valence-corrected chi connectivity index (χ2v) is 8.13. The smallest absolute Gasteiger partial charge is 0.321 e. The monoisotopic (exact) mass is 428 g/mol. The molecule has 2 N–H and O–H groups in total.